The molecule has 7 fully saturated rings. The number of pyridine rings is 1. The SMILES string of the molecule is CCc1c(F)ccc2cc(O)cc(-c3ncc4c(N5CC6CCC(C5)N6)nc(OCC5(CN6CCC7(CC6)CC(F)(CN6CCN(c8cc(F)c(C9CCC(=O)NC9=O)c(F)c8)CC6)C7)CC5)nc4c3F)c12. The van der Waals surface area contributed by atoms with E-state index >= 15 is 22.0 Å². The number of piperidine rings is 2. The van der Waals surface area contributed by atoms with Gasteiger partial charge in [-0.1, -0.05) is 13.0 Å². The third-order valence-corrected chi connectivity index (χ3v) is 17.1. The second kappa shape index (κ2) is 18.0. The number of hydrogen-bond acceptors (Lipinski definition) is 12. The smallest absolute Gasteiger partial charge is 0.319 e. The molecule has 2 bridgehead atoms. The lowest BCUT2D eigenvalue weighted by atomic mass is 9.55. The van der Waals surface area contributed by atoms with Crippen molar-refractivity contribution < 1.29 is 41.4 Å². The molecule has 3 aromatic carbocycles. The highest BCUT2D eigenvalue weighted by molar-refractivity contribution is 6.02. The van der Waals surface area contributed by atoms with Gasteiger partial charge in [0.1, 0.15) is 45.9 Å². The van der Waals surface area contributed by atoms with Crippen LogP contribution in [0.25, 0.3) is 32.9 Å². The van der Waals surface area contributed by atoms with Crippen LogP contribution in [0.15, 0.2) is 42.6 Å². The van der Waals surface area contributed by atoms with Gasteiger partial charge in [0, 0.05) is 99.3 Å². The molecule has 12 rings (SSSR count). The minimum atomic E-state index is -1.29. The number of piperazine rings is 2. The van der Waals surface area contributed by atoms with Crippen LogP contribution in [0.2, 0.25) is 0 Å². The number of nitrogens with zero attached hydrogens (tertiary/aromatic N) is 7. The molecule has 1 spiro atoms. The number of ether oxygens (including phenoxy) is 1. The summed E-state index contributed by atoms with van der Waals surface area (Å²) in [5.41, 5.74) is -0.656. The molecule has 2 saturated carbocycles. The van der Waals surface area contributed by atoms with E-state index in [1.165, 1.54) is 24.3 Å². The van der Waals surface area contributed by atoms with Crippen LogP contribution in [0, 0.1) is 34.1 Å². The fourth-order valence-corrected chi connectivity index (χ4v) is 13.3. The molecule has 3 N–H and O–H groups in total. The van der Waals surface area contributed by atoms with Crippen molar-refractivity contribution in [3.8, 4) is 23.0 Å². The van der Waals surface area contributed by atoms with Crippen molar-refractivity contribution in [2.24, 2.45) is 10.8 Å². The number of hydrogen-bond donors (Lipinski definition) is 3. The summed E-state index contributed by atoms with van der Waals surface area (Å²) >= 11 is 0. The quantitative estimate of drug-likeness (QED) is 0.0835. The molecule has 0 radical (unpaired) electrons. The maximum atomic E-state index is 17.2. The first-order valence-corrected chi connectivity index (χ1v) is 25.8. The van der Waals surface area contributed by atoms with Gasteiger partial charge in [0.15, 0.2) is 5.82 Å². The summed E-state index contributed by atoms with van der Waals surface area (Å²) in [6, 6.07) is 9.09. The van der Waals surface area contributed by atoms with Crippen LogP contribution in [0.4, 0.5) is 33.5 Å². The van der Waals surface area contributed by atoms with Gasteiger partial charge < -0.3 is 29.9 Å². The van der Waals surface area contributed by atoms with E-state index in [2.05, 4.69) is 30.3 Å². The summed E-state index contributed by atoms with van der Waals surface area (Å²) in [5.74, 6) is -4.43. The fraction of sp³-hybridized carbons (Fsp3) is 0.537. The fourth-order valence-electron chi connectivity index (χ4n) is 13.3. The molecule has 3 unspecified atom stereocenters. The molecule has 5 saturated heterocycles. The zero-order chi connectivity index (χ0) is 49.7. The van der Waals surface area contributed by atoms with Gasteiger partial charge in [0.05, 0.1) is 17.9 Å². The topological polar surface area (TPSA) is 139 Å². The average molecular weight is 994 g/mol. The lowest BCUT2D eigenvalue weighted by Crippen LogP contribution is -2.60. The lowest BCUT2D eigenvalue weighted by molar-refractivity contribution is -0.134. The summed E-state index contributed by atoms with van der Waals surface area (Å²) < 4.78 is 85.8. The molecule has 7 heterocycles. The van der Waals surface area contributed by atoms with Crippen molar-refractivity contribution in [3.05, 3.63) is 77.0 Å². The Labute approximate surface area is 414 Å². The Balaban J connectivity index is 0.681. The number of likely N-dealkylation sites (tertiary alicyclic amines) is 1. The first-order chi connectivity index (χ1) is 34.7. The second-order valence-corrected chi connectivity index (χ2v) is 22.2. The number of halogens is 5. The Bertz CT molecular complexity index is 2950. The largest absolute Gasteiger partial charge is 0.508 e. The van der Waals surface area contributed by atoms with Gasteiger partial charge in [0.25, 0.3) is 0 Å². The van der Waals surface area contributed by atoms with Crippen LogP contribution in [-0.2, 0) is 16.0 Å². The molecule has 2 amide bonds. The van der Waals surface area contributed by atoms with Crippen LogP contribution < -0.4 is 25.2 Å². The number of anilines is 2. The van der Waals surface area contributed by atoms with E-state index in [9.17, 15) is 14.7 Å². The Kier molecular flexibility index (Phi) is 11.8. The van der Waals surface area contributed by atoms with Gasteiger partial charge in [-0.25, -0.2) is 22.0 Å². The third kappa shape index (κ3) is 8.77. The van der Waals surface area contributed by atoms with Crippen molar-refractivity contribution in [2.45, 2.75) is 101 Å². The maximum Gasteiger partial charge on any atom is 0.319 e. The highest BCUT2D eigenvalue weighted by Gasteiger charge is 2.57. The van der Waals surface area contributed by atoms with E-state index < -0.39 is 46.7 Å². The number of rotatable bonds is 12. The first-order valence-electron chi connectivity index (χ1n) is 25.8. The van der Waals surface area contributed by atoms with E-state index in [-0.39, 0.29) is 69.9 Å². The molecule has 72 heavy (non-hydrogen) atoms. The zero-order valence-corrected chi connectivity index (χ0v) is 40.5. The number of benzene rings is 3. The van der Waals surface area contributed by atoms with Gasteiger partial charge in [-0.15, -0.1) is 0 Å². The van der Waals surface area contributed by atoms with Crippen LogP contribution in [0.1, 0.15) is 88.2 Å². The number of alkyl halides is 1. The van der Waals surface area contributed by atoms with Gasteiger partial charge >= 0.3 is 6.01 Å². The summed E-state index contributed by atoms with van der Waals surface area (Å²) in [6.45, 7) is 8.56. The van der Waals surface area contributed by atoms with E-state index in [0.29, 0.717) is 105 Å². The van der Waals surface area contributed by atoms with Crippen molar-refractivity contribution in [1.82, 2.24) is 35.4 Å². The van der Waals surface area contributed by atoms with Gasteiger partial charge in [-0.2, -0.15) is 9.97 Å². The number of carbonyl (C=O) groups excluding carboxylic acids is 2. The van der Waals surface area contributed by atoms with E-state index in [1.54, 1.807) is 18.3 Å². The minimum absolute atomic E-state index is 0.0260. The van der Waals surface area contributed by atoms with Crippen LogP contribution in [0.5, 0.6) is 11.8 Å². The molecule has 5 aromatic rings. The van der Waals surface area contributed by atoms with E-state index in [0.717, 1.165) is 58.2 Å². The molecule has 2 aliphatic carbocycles. The second-order valence-electron chi connectivity index (χ2n) is 22.2. The molecular formula is C54H60F5N9O4. The van der Waals surface area contributed by atoms with Gasteiger partial charge in [-0.05, 0) is 129 Å². The normalized spacial score (nSPS) is 24.8. The summed E-state index contributed by atoms with van der Waals surface area (Å²) in [6.07, 6.45) is 8.92. The number of aromatic nitrogens is 3. The molecule has 18 heteroatoms. The highest BCUT2D eigenvalue weighted by atomic mass is 19.2. The number of imide groups is 1. The number of phenols is 1. The first kappa shape index (κ1) is 47.3. The van der Waals surface area contributed by atoms with Crippen LogP contribution >= 0.6 is 0 Å². The van der Waals surface area contributed by atoms with Gasteiger partial charge in [0.2, 0.25) is 11.8 Å². The molecule has 3 atom stereocenters. The highest BCUT2D eigenvalue weighted by Crippen LogP contribution is 2.58. The number of aryl methyl sites for hydroxylation is 1. The molecule has 13 nitrogen and oxygen atoms in total. The standard InChI is InChI=1S/C54H60F5N9O4/c1-2-36-40(55)7-3-31-19-35(69)22-38(44(31)36)47-46(58)48-39(23-60-47)49(68-24-32-4-5-33(25-68)61-32)64-51(63-48)72-30-53(9-10-53)28-65-13-11-52(12-14-65)26-54(59,27-52)29-66-15-17-67(18-16-66)34-20-41(56)45(42(57)21-34)37-6-8-43(70)62-50(37)71/h3,7,19-23,32-33,37,61,69H,2,4-6,8-18,24-30H2,1H3,(H,62,70,71). The number of carbonyl (C=O) groups is 2. The van der Waals surface area contributed by atoms with E-state index in [4.69, 9.17) is 14.7 Å². The predicted molar refractivity (Wildman–Crippen MR) is 262 cm³/mol. The summed E-state index contributed by atoms with van der Waals surface area (Å²) in [4.78, 5) is 46.9. The number of amides is 2. The van der Waals surface area contributed by atoms with Crippen LogP contribution in [0.3, 0.4) is 0 Å². The Morgan fingerprint density at radius 3 is 2.21 bits per heavy atom. The number of aromatic hydroxyl groups is 1. The molecule has 7 aliphatic rings. The minimum Gasteiger partial charge on any atom is -0.508 e. The monoisotopic (exact) mass is 993 g/mol. The Morgan fingerprint density at radius 2 is 1.53 bits per heavy atom. The summed E-state index contributed by atoms with van der Waals surface area (Å²) in [5, 5.41) is 18.1. The van der Waals surface area contributed by atoms with E-state index in [1.807, 2.05) is 11.8 Å². The lowest BCUT2D eigenvalue weighted by Gasteiger charge is -2.57. The Hall–Kier alpha value is -5.72. The summed E-state index contributed by atoms with van der Waals surface area (Å²) in [7, 11) is 0. The molecule has 5 aliphatic heterocycles. The molecular weight excluding hydrogens is 934 g/mol. The average Bonchev–Trinajstić information content (AvgIpc) is 4.03. The van der Waals surface area contributed by atoms with Crippen molar-refractivity contribution in [3.63, 3.8) is 0 Å². The van der Waals surface area contributed by atoms with Crippen LogP contribution in [-0.4, -0.2) is 131 Å². The van der Waals surface area contributed by atoms with Gasteiger partial charge in [-0.3, -0.25) is 24.8 Å². The number of fused-ring (bicyclic) bond motifs is 4. The molecule has 2 aromatic heterocycles. The predicted octanol–water partition coefficient (Wildman–Crippen LogP) is 7.70. The molecule has 380 valence electrons. The number of nitrogens with one attached hydrogen (secondary N) is 2. The van der Waals surface area contributed by atoms with Crippen molar-refractivity contribution >= 4 is 45.0 Å². The van der Waals surface area contributed by atoms with Crippen molar-refractivity contribution in [1.29, 1.82) is 0 Å². The maximum absolute atomic E-state index is 17.2. The Morgan fingerprint density at radius 1 is 0.819 bits per heavy atom. The number of phenolic OH excluding ortho intramolecular Hbond substituents is 1. The third-order valence-electron chi connectivity index (χ3n) is 17.1. The zero-order valence-electron chi connectivity index (χ0n) is 40.5. The van der Waals surface area contributed by atoms with Crippen molar-refractivity contribution in [2.75, 3.05) is 81.9 Å².